The van der Waals surface area contributed by atoms with Crippen LogP contribution in [0.1, 0.15) is 45.4 Å². The van der Waals surface area contributed by atoms with Crippen molar-refractivity contribution in [3.8, 4) is 0 Å². The van der Waals surface area contributed by atoms with E-state index in [2.05, 4.69) is 11.8 Å². The minimum atomic E-state index is -0.656. The van der Waals surface area contributed by atoms with Crippen LogP contribution in [0.4, 0.5) is 0 Å². The van der Waals surface area contributed by atoms with Crippen LogP contribution in [-0.2, 0) is 4.84 Å². The minimum Gasteiger partial charge on any atom is -0.311 e. The summed E-state index contributed by atoms with van der Waals surface area (Å²) in [6.07, 6.45) is 6.07. The maximum Gasteiger partial charge on any atom is 0.294 e. The Hall–Kier alpha value is -0.800. The number of rotatable bonds is 2. The van der Waals surface area contributed by atoms with E-state index < -0.39 is 5.09 Å². The molecule has 0 aromatic heterocycles. The van der Waals surface area contributed by atoms with Gasteiger partial charge in [-0.05, 0) is 25.2 Å². The van der Waals surface area contributed by atoms with Gasteiger partial charge in [0.05, 0.1) is 0 Å². The molecule has 1 aliphatic carbocycles. The third-order valence-corrected chi connectivity index (χ3v) is 2.69. The van der Waals surface area contributed by atoms with Gasteiger partial charge in [-0.2, -0.15) is 0 Å². The van der Waals surface area contributed by atoms with Gasteiger partial charge in [-0.3, -0.25) is 0 Å². The van der Waals surface area contributed by atoms with Gasteiger partial charge in [-0.15, -0.1) is 10.1 Å². The molecule has 2 unspecified atom stereocenters. The Labute approximate surface area is 78.4 Å². The lowest BCUT2D eigenvalue weighted by Gasteiger charge is -2.20. The van der Waals surface area contributed by atoms with Crippen molar-refractivity contribution >= 4 is 0 Å². The second kappa shape index (κ2) is 5.04. The van der Waals surface area contributed by atoms with Gasteiger partial charge in [0.25, 0.3) is 5.09 Å². The minimum absolute atomic E-state index is 0.155. The Morgan fingerprint density at radius 2 is 1.92 bits per heavy atom. The van der Waals surface area contributed by atoms with E-state index in [-0.39, 0.29) is 6.10 Å². The van der Waals surface area contributed by atoms with E-state index in [1.165, 1.54) is 12.8 Å². The van der Waals surface area contributed by atoms with Crippen molar-refractivity contribution in [3.63, 3.8) is 0 Å². The average Bonchev–Trinajstić information content (AvgIpc) is 2.03. The van der Waals surface area contributed by atoms with Crippen LogP contribution in [0.2, 0.25) is 0 Å². The van der Waals surface area contributed by atoms with E-state index in [1.807, 2.05) is 0 Å². The van der Waals surface area contributed by atoms with Gasteiger partial charge in [-0.1, -0.05) is 26.2 Å². The summed E-state index contributed by atoms with van der Waals surface area (Å²) in [4.78, 5) is 14.7. The molecule has 4 nitrogen and oxygen atoms in total. The summed E-state index contributed by atoms with van der Waals surface area (Å²) in [6.45, 7) is 2.20. The van der Waals surface area contributed by atoms with Crippen molar-refractivity contribution in [3.05, 3.63) is 10.1 Å². The molecule has 13 heavy (non-hydrogen) atoms. The van der Waals surface area contributed by atoms with Crippen LogP contribution in [0.15, 0.2) is 0 Å². The molecular weight excluding hydrogens is 170 g/mol. The van der Waals surface area contributed by atoms with E-state index in [4.69, 9.17) is 0 Å². The van der Waals surface area contributed by atoms with Crippen LogP contribution >= 0.6 is 0 Å². The molecule has 0 amide bonds. The normalized spacial score (nSPS) is 30.2. The zero-order valence-corrected chi connectivity index (χ0v) is 8.07. The first-order valence-electron chi connectivity index (χ1n) is 4.99. The second-order valence-corrected chi connectivity index (χ2v) is 3.92. The molecule has 1 fully saturated rings. The molecule has 0 bridgehead atoms. The molecule has 0 aromatic rings. The lowest BCUT2D eigenvalue weighted by molar-refractivity contribution is -0.769. The van der Waals surface area contributed by atoms with Crippen molar-refractivity contribution in [2.75, 3.05) is 0 Å². The van der Waals surface area contributed by atoms with E-state index in [1.54, 1.807) is 0 Å². The standard InChI is InChI=1S/C9H17NO3/c1-8-4-2-3-5-9(7-6-8)13-10(11)12/h8-9H,2-7H2,1H3. The third-order valence-electron chi connectivity index (χ3n) is 2.69. The van der Waals surface area contributed by atoms with Crippen molar-refractivity contribution in [2.24, 2.45) is 5.92 Å². The highest BCUT2D eigenvalue weighted by atomic mass is 17.0. The number of nitrogens with zero attached hydrogens (tertiary/aromatic N) is 1. The predicted molar refractivity (Wildman–Crippen MR) is 48.7 cm³/mol. The van der Waals surface area contributed by atoms with Crippen LogP contribution in [0.25, 0.3) is 0 Å². The Bertz CT molecular complexity index is 172. The van der Waals surface area contributed by atoms with E-state index in [9.17, 15) is 10.1 Å². The van der Waals surface area contributed by atoms with Crippen LogP contribution in [0.3, 0.4) is 0 Å². The van der Waals surface area contributed by atoms with Gasteiger partial charge >= 0.3 is 0 Å². The van der Waals surface area contributed by atoms with Crippen LogP contribution < -0.4 is 0 Å². The second-order valence-electron chi connectivity index (χ2n) is 3.92. The quantitative estimate of drug-likeness (QED) is 0.493. The monoisotopic (exact) mass is 187 g/mol. The fourth-order valence-electron chi connectivity index (χ4n) is 1.85. The highest BCUT2D eigenvalue weighted by Gasteiger charge is 2.17. The molecule has 0 radical (unpaired) electrons. The molecule has 0 aliphatic heterocycles. The first kappa shape index (κ1) is 10.3. The summed E-state index contributed by atoms with van der Waals surface area (Å²) in [7, 11) is 0. The largest absolute Gasteiger partial charge is 0.311 e. The Kier molecular flexibility index (Phi) is 3.99. The van der Waals surface area contributed by atoms with Crippen molar-refractivity contribution in [2.45, 2.75) is 51.6 Å². The lowest BCUT2D eigenvalue weighted by Crippen LogP contribution is -2.19. The SMILES string of the molecule is CC1CCCCC(O[N+](=O)[O-])CC1. The molecule has 1 saturated carbocycles. The first-order chi connectivity index (χ1) is 6.18. The van der Waals surface area contributed by atoms with Gasteiger partial charge in [0, 0.05) is 0 Å². The molecule has 0 heterocycles. The predicted octanol–water partition coefficient (Wildman–Crippen LogP) is 2.55. The number of hydrogen-bond acceptors (Lipinski definition) is 3. The molecule has 1 rings (SSSR count). The van der Waals surface area contributed by atoms with E-state index in [0.717, 1.165) is 25.7 Å². The number of hydrogen-bond donors (Lipinski definition) is 0. The fourth-order valence-corrected chi connectivity index (χ4v) is 1.85. The van der Waals surface area contributed by atoms with Gasteiger partial charge in [0.1, 0.15) is 6.10 Å². The maximum absolute atomic E-state index is 10.1. The topological polar surface area (TPSA) is 52.4 Å². The molecule has 0 aromatic carbocycles. The van der Waals surface area contributed by atoms with Crippen molar-refractivity contribution < 1.29 is 9.92 Å². The summed E-state index contributed by atoms with van der Waals surface area (Å²) in [5.74, 6) is 0.693. The van der Waals surface area contributed by atoms with Crippen LogP contribution in [0.5, 0.6) is 0 Å². The Morgan fingerprint density at radius 3 is 2.62 bits per heavy atom. The zero-order valence-electron chi connectivity index (χ0n) is 8.07. The fraction of sp³-hybridized carbons (Fsp3) is 1.00. The summed E-state index contributed by atoms with van der Waals surface area (Å²) < 4.78 is 0. The van der Waals surface area contributed by atoms with Crippen LogP contribution in [0, 0.1) is 16.0 Å². The zero-order chi connectivity index (χ0) is 9.68. The van der Waals surface area contributed by atoms with Crippen molar-refractivity contribution in [1.29, 1.82) is 0 Å². The summed E-state index contributed by atoms with van der Waals surface area (Å²) in [5, 5.41) is 9.47. The van der Waals surface area contributed by atoms with Crippen molar-refractivity contribution in [1.82, 2.24) is 0 Å². The third kappa shape index (κ3) is 4.10. The van der Waals surface area contributed by atoms with Gasteiger partial charge < -0.3 is 4.84 Å². The summed E-state index contributed by atoms with van der Waals surface area (Å²) >= 11 is 0. The molecule has 2 atom stereocenters. The molecule has 0 N–H and O–H groups in total. The lowest BCUT2D eigenvalue weighted by atomic mass is 9.91. The first-order valence-corrected chi connectivity index (χ1v) is 4.99. The highest BCUT2D eigenvalue weighted by Crippen LogP contribution is 2.23. The molecule has 76 valence electrons. The highest BCUT2D eigenvalue weighted by molar-refractivity contribution is 4.65. The Morgan fingerprint density at radius 1 is 1.23 bits per heavy atom. The maximum atomic E-state index is 10.1. The van der Waals surface area contributed by atoms with E-state index in [0.29, 0.717) is 5.92 Å². The average molecular weight is 187 g/mol. The summed E-state index contributed by atoms with van der Waals surface area (Å²) in [5.41, 5.74) is 0. The van der Waals surface area contributed by atoms with Gasteiger partial charge in [-0.25, -0.2) is 0 Å². The molecular formula is C9H17NO3. The molecule has 0 spiro atoms. The molecule has 0 saturated heterocycles. The van der Waals surface area contributed by atoms with E-state index >= 15 is 0 Å². The van der Waals surface area contributed by atoms with Gasteiger partial charge in [0.15, 0.2) is 0 Å². The van der Waals surface area contributed by atoms with Gasteiger partial charge in [0.2, 0.25) is 0 Å². The smallest absolute Gasteiger partial charge is 0.294 e. The Balaban J connectivity index is 2.32. The molecule has 4 heteroatoms. The summed E-state index contributed by atoms with van der Waals surface area (Å²) in [6, 6.07) is 0. The van der Waals surface area contributed by atoms with Crippen LogP contribution in [-0.4, -0.2) is 11.2 Å². The molecule has 1 aliphatic rings.